The van der Waals surface area contributed by atoms with Crippen molar-refractivity contribution in [3.05, 3.63) is 22.8 Å². The molecule has 1 unspecified atom stereocenters. The first-order chi connectivity index (χ1) is 11.9. The number of carboxylic acids is 1. The molecule has 146 valence electrons. The fourth-order valence-corrected chi connectivity index (χ4v) is 4.88. The number of aryl methyl sites for hydroxylation is 1. The van der Waals surface area contributed by atoms with Crippen LogP contribution in [0.15, 0.2) is 16.0 Å². The number of sulfone groups is 1. The number of ether oxygens (including phenoxy) is 1. The van der Waals surface area contributed by atoms with Gasteiger partial charge in [-0.3, -0.25) is 9.79 Å². The third-order valence-corrected chi connectivity index (χ3v) is 6.65. The molecule has 0 aliphatic heterocycles. The summed E-state index contributed by atoms with van der Waals surface area (Å²) in [6, 6.07) is 0.271. The molecule has 0 aromatic heterocycles. The molecule has 10 heteroatoms. The molecule has 0 bridgehead atoms. The van der Waals surface area contributed by atoms with E-state index in [9.17, 15) is 13.2 Å². The number of aliphatic carboxylic acids is 1. The van der Waals surface area contributed by atoms with Crippen molar-refractivity contribution in [1.82, 2.24) is 0 Å². The third kappa shape index (κ3) is 4.64. The Morgan fingerprint density at radius 3 is 2.31 bits per heavy atom. The Labute approximate surface area is 153 Å². The molecule has 9 nitrogen and oxygen atoms in total. The van der Waals surface area contributed by atoms with Crippen molar-refractivity contribution in [2.24, 2.45) is 22.2 Å². The molecule has 0 aliphatic rings. The second kappa shape index (κ2) is 8.37. The van der Waals surface area contributed by atoms with Gasteiger partial charge in [-0.05, 0) is 49.9 Å². The van der Waals surface area contributed by atoms with Gasteiger partial charge in [-0.1, -0.05) is 0 Å². The van der Waals surface area contributed by atoms with Crippen LogP contribution in [0.1, 0.15) is 23.1 Å². The molecule has 0 saturated carbocycles. The van der Waals surface area contributed by atoms with Crippen LogP contribution in [0.25, 0.3) is 0 Å². The van der Waals surface area contributed by atoms with Crippen LogP contribution < -0.4 is 21.9 Å². The molecule has 0 radical (unpaired) electrons. The Balaban J connectivity index is 3.51. The van der Waals surface area contributed by atoms with Crippen molar-refractivity contribution >= 4 is 21.8 Å². The minimum Gasteiger partial charge on any atom is -0.496 e. The molecule has 7 N–H and O–H groups in total. The molecule has 26 heavy (non-hydrogen) atoms. The van der Waals surface area contributed by atoms with E-state index < -0.39 is 27.1 Å². The molecule has 1 aromatic carbocycles. The normalized spacial score (nSPS) is 13.7. The van der Waals surface area contributed by atoms with Crippen LogP contribution in [0.4, 0.5) is 0 Å². The highest BCUT2D eigenvalue weighted by atomic mass is 32.2. The molecule has 0 aliphatic carbocycles. The van der Waals surface area contributed by atoms with E-state index in [2.05, 4.69) is 4.99 Å². The Morgan fingerprint density at radius 2 is 1.85 bits per heavy atom. The van der Waals surface area contributed by atoms with Crippen LogP contribution in [0.2, 0.25) is 0 Å². The standard InChI is InChI=1S/C16H26N4O5S/c1-8-5-13(25-4)9(2)10(3)14(8)26(23,24)11(7-20-16(18)19)6-12(17)15(21)22/h5,11-12H,6-7,17H2,1-4H3,(H,21,22)(H4,18,19,20)/t11?,12-/m0/s1. The molecule has 0 spiro atoms. The Bertz CT molecular complexity index is 816. The molecule has 2 atom stereocenters. The van der Waals surface area contributed by atoms with Crippen molar-refractivity contribution < 1.29 is 23.1 Å². The minimum absolute atomic E-state index is 0.115. The van der Waals surface area contributed by atoms with Crippen LogP contribution in [-0.4, -0.2) is 50.4 Å². The van der Waals surface area contributed by atoms with Crippen LogP contribution in [0, 0.1) is 20.8 Å². The lowest BCUT2D eigenvalue weighted by Crippen LogP contribution is -2.39. The molecule has 1 aromatic rings. The number of hydrogen-bond donors (Lipinski definition) is 4. The largest absolute Gasteiger partial charge is 0.496 e. The topological polar surface area (TPSA) is 171 Å². The number of aliphatic imine (C=N–C) groups is 1. The number of hydrogen-bond acceptors (Lipinski definition) is 6. The van der Waals surface area contributed by atoms with Gasteiger partial charge in [0.2, 0.25) is 0 Å². The third-order valence-electron chi connectivity index (χ3n) is 4.23. The highest BCUT2D eigenvalue weighted by Crippen LogP contribution is 2.33. The lowest BCUT2D eigenvalue weighted by atomic mass is 10.1. The number of rotatable bonds is 8. The van der Waals surface area contributed by atoms with Crippen LogP contribution in [0.3, 0.4) is 0 Å². The number of nitrogens with two attached hydrogens (primary N) is 3. The smallest absolute Gasteiger partial charge is 0.320 e. The molecule has 0 saturated heterocycles. The van der Waals surface area contributed by atoms with Gasteiger partial charge in [-0.25, -0.2) is 8.42 Å². The maximum absolute atomic E-state index is 13.3. The lowest BCUT2D eigenvalue weighted by Gasteiger charge is -2.22. The number of guanidine groups is 1. The summed E-state index contributed by atoms with van der Waals surface area (Å²) in [5.74, 6) is -1.01. The Kier molecular flexibility index (Phi) is 6.99. The highest BCUT2D eigenvalue weighted by molar-refractivity contribution is 7.92. The molecule has 0 amide bonds. The molecule has 1 rings (SSSR count). The van der Waals surface area contributed by atoms with Gasteiger partial charge >= 0.3 is 5.97 Å². The van der Waals surface area contributed by atoms with Gasteiger partial charge in [0.15, 0.2) is 15.8 Å². The molecule has 0 heterocycles. The van der Waals surface area contributed by atoms with Crippen molar-refractivity contribution in [2.75, 3.05) is 13.7 Å². The Morgan fingerprint density at radius 1 is 1.27 bits per heavy atom. The van der Waals surface area contributed by atoms with Crippen LogP contribution in [0.5, 0.6) is 5.75 Å². The monoisotopic (exact) mass is 386 g/mol. The van der Waals surface area contributed by atoms with E-state index in [1.807, 2.05) is 0 Å². The van der Waals surface area contributed by atoms with Crippen LogP contribution >= 0.6 is 0 Å². The van der Waals surface area contributed by atoms with Crippen molar-refractivity contribution in [1.29, 1.82) is 0 Å². The quantitative estimate of drug-likeness (QED) is 0.352. The van der Waals surface area contributed by atoms with Crippen molar-refractivity contribution in [3.8, 4) is 5.75 Å². The van der Waals surface area contributed by atoms with Gasteiger partial charge in [0, 0.05) is 0 Å². The first-order valence-electron chi connectivity index (χ1n) is 7.85. The van der Waals surface area contributed by atoms with E-state index in [0.29, 0.717) is 22.4 Å². The number of carbonyl (C=O) groups is 1. The Hall–Kier alpha value is -2.33. The fraction of sp³-hybridized carbons (Fsp3) is 0.500. The average Bonchev–Trinajstić information content (AvgIpc) is 2.53. The zero-order valence-corrected chi connectivity index (χ0v) is 16.1. The number of methoxy groups -OCH3 is 1. The molecule has 0 fully saturated rings. The number of benzene rings is 1. The first kappa shape index (κ1) is 21.7. The average molecular weight is 386 g/mol. The van der Waals surface area contributed by atoms with Crippen molar-refractivity contribution in [2.45, 2.75) is 43.4 Å². The summed E-state index contributed by atoms with van der Waals surface area (Å²) in [6.45, 7) is 4.79. The van der Waals surface area contributed by atoms with Gasteiger partial charge in [0.1, 0.15) is 11.8 Å². The second-order valence-electron chi connectivity index (χ2n) is 6.09. The van der Waals surface area contributed by atoms with E-state index in [-0.39, 0.29) is 23.8 Å². The fourth-order valence-electron chi connectivity index (χ4n) is 2.73. The summed E-state index contributed by atoms with van der Waals surface area (Å²) in [5, 5.41) is 7.86. The lowest BCUT2D eigenvalue weighted by molar-refractivity contribution is -0.138. The summed E-state index contributed by atoms with van der Waals surface area (Å²) >= 11 is 0. The summed E-state index contributed by atoms with van der Waals surface area (Å²) in [4.78, 5) is 15.0. The van der Waals surface area contributed by atoms with E-state index in [1.54, 1.807) is 26.8 Å². The van der Waals surface area contributed by atoms with Gasteiger partial charge in [-0.15, -0.1) is 0 Å². The maximum Gasteiger partial charge on any atom is 0.320 e. The van der Waals surface area contributed by atoms with E-state index in [1.165, 1.54) is 7.11 Å². The van der Waals surface area contributed by atoms with E-state index >= 15 is 0 Å². The van der Waals surface area contributed by atoms with Crippen molar-refractivity contribution in [3.63, 3.8) is 0 Å². The van der Waals surface area contributed by atoms with Gasteiger partial charge in [0.05, 0.1) is 23.8 Å². The summed E-state index contributed by atoms with van der Waals surface area (Å²) < 4.78 is 31.8. The summed E-state index contributed by atoms with van der Waals surface area (Å²) in [6.07, 6.45) is -0.321. The van der Waals surface area contributed by atoms with Gasteiger partial charge in [0.25, 0.3) is 0 Å². The molecular formula is C16H26N4O5S. The minimum atomic E-state index is -3.95. The number of nitrogens with zero attached hydrogens (tertiary/aromatic N) is 1. The van der Waals surface area contributed by atoms with E-state index in [0.717, 1.165) is 0 Å². The maximum atomic E-state index is 13.3. The summed E-state index contributed by atoms with van der Waals surface area (Å²) in [5.41, 5.74) is 17.9. The highest BCUT2D eigenvalue weighted by Gasteiger charge is 2.34. The predicted molar refractivity (Wildman–Crippen MR) is 99.1 cm³/mol. The van der Waals surface area contributed by atoms with Gasteiger partial charge < -0.3 is 27.0 Å². The van der Waals surface area contributed by atoms with Gasteiger partial charge in [-0.2, -0.15) is 0 Å². The van der Waals surface area contributed by atoms with Crippen LogP contribution in [-0.2, 0) is 14.6 Å². The molecular weight excluding hydrogens is 360 g/mol. The zero-order valence-electron chi connectivity index (χ0n) is 15.3. The summed E-state index contributed by atoms with van der Waals surface area (Å²) in [7, 11) is -2.45. The second-order valence-corrected chi connectivity index (χ2v) is 8.25. The first-order valence-corrected chi connectivity index (χ1v) is 9.40. The SMILES string of the molecule is COc1cc(C)c(S(=O)(=O)C(CN=C(N)N)C[C@H](N)C(=O)O)c(C)c1C. The van der Waals surface area contributed by atoms with E-state index in [4.69, 9.17) is 27.0 Å². The predicted octanol–water partition coefficient (Wildman–Crippen LogP) is -0.162. The zero-order chi connectivity index (χ0) is 20.2. The number of carboxylic acid groups (broad SMARTS) is 1.